The monoisotopic (exact) mass is 218 g/mol. The molecule has 0 saturated carbocycles. The Bertz CT molecular complexity index is 462. The van der Waals surface area contributed by atoms with E-state index in [2.05, 4.69) is 33.9 Å². The quantitative estimate of drug-likeness (QED) is 0.825. The number of anilines is 1. The summed E-state index contributed by atoms with van der Waals surface area (Å²) in [5.41, 5.74) is 5.64. The Hall–Kier alpha value is -1.98. The van der Waals surface area contributed by atoms with Crippen molar-refractivity contribution in [3.8, 4) is 5.95 Å². The van der Waals surface area contributed by atoms with E-state index in [1.54, 1.807) is 17.1 Å². The second kappa shape index (κ2) is 4.26. The summed E-state index contributed by atoms with van der Waals surface area (Å²) in [6, 6.07) is 1.81. The van der Waals surface area contributed by atoms with Gasteiger partial charge in [0.1, 0.15) is 5.82 Å². The van der Waals surface area contributed by atoms with Gasteiger partial charge in [0, 0.05) is 18.8 Å². The fraction of sp³-hybridized carbons (Fsp3) is 0.400. The van der Waals surface area contributed by atoms with Gasteiger partial charge in [-0.3, -0.25) is 0 Å². The molecule has 0 aliphatic carbocycles. The Balaban J connectivity index is 2.36. The highest BCUT2D eigenvalue weighted by Gasteiger charge is 2.07. The van der Waals surface area contributed by atoms with Gasteiger partial charge in [0.15, 0.2) is 0 Å². The van der Waals surface area contributed by atoms with Crippen LogP contribution < -0.4 is 5.73 Å². The summed E-state index contributed by atoms with van der Waals surface area (Å²) in [6.07, 6.45) is 4.22. The summed E-state index contributed by atoms with van der Waals surface area (Å²) >= 11 is 0. The van der Waals surface area contributed by atoms with Gasteiger partial charge >= 0.3 is 0 Å². The lowest BCUT2D eigenvalue weighted by Gasteiger charge is -2.06. The molecule has 2 aromatic heterocycles. The van der Waals surface area contributed by atoms with E-state index >= 15 is 0 Å². The molecule has 84 valence electrons. The number of aromatic nitrogens is 5. The minimum Gasteiger partial charge on any atom is -0.368 e. The smallest absolute Gasteiger partial charge is 0.255 e. The molecule has 0 aliphatic heterocycles. The number of nitrogens with zero attached hydrogens (tertiary/aromatic N) is 5. The van der Waals surface area contributed by atoms with Gasteiger partial charge < -0.3 is 5.73 Å². The van der Waals surface area contributed by atoms with E-state index in [1.807, 2.05) is 6.07 Å². The van der Waals surface area contributed by atoms with Crippen LogP contribution in [0, 0.1) is 5.92 Å². The van der Waals surface area contributed by atoms with Gasteiger partial charge in [-0.15, -0.1) is 0 Å². The fourth-order valence-electron chi connectivity index (χ4n) is 1.37. The van der Waals surface area contributed by atoms with Crippen LogP contribution in [0.15, 0.2) is 18.5 Å². The molecule has 2 rings (SSSR count). The Morgan fingerprint density at radius 1 is 1.31 bits per heavy atom. The van der Waals surface area contributed by atoms with Crippen molar-refractivity contribution in [2.24, 2.45) is 5.92 Å². The van der Waals surface area contributed by atoms with Crippen LogP contribution in [-0.2, 0) is 6.42 Å². The van der Waals surface area contributed by atoms with Gasteiger partial charge in [-0.2, -0.15) is 20.1 Å². The van der Waals surface area contributed by atoms with Crippen molar-refractivity contribution in [3.63, 3.8) is 0 Å². The number of nitrogen functional groups attached to an aromatic ring is 1. The van der Waals surface area contributed by atoms with Crippen molar-refractivity contribution in [1.82, 2.24) is 24.7 Å². The standard InChI is InChI=1S/C10H14N6/c1-7(2)6-8-13-9(11)15-10(14-8)16-5-3-4-12-16/h3-5,7H,6H2,1-2H3,(H2,11,13,14,15). The molecule has 0 radical (unpaired) electrons. The first-order valence-electron chi connectivity index (χ1n) is 5.15. The van der Waals surface area contributed by atoms with Crippen molar-refractivity contribution in [3.05, 3.63) is 24.3 Å². The third-order valence-electron chi connectivity index (χ3n) is 1.99. The highest BCUT2D eigenvalue weighted by molar-refractivity contribution is 5.22. The van der Waals surface area contributed by atoms with E-state index in [0.717, 1.165) is 6.42 Å². The fourth-order valence-corrected chi connectivity index (χ4v) is 1.37. The second-order valence-electron chi connectivity index (χ2n) is 3.96. The normalized spacial score (nSPS) is 10.9. The van der Waals surface area contributed by atoms with Crippen LogP contribution in [0.25, 0.3) is 5.95 Å². The molecule has 2 heterocycles. The van der Waals surface area contributed by atoms with E-state index in [4.69, 9.17) is 5.73 Å². The summed E-state index contributed by atoms with van der Waals surface area (Å²) in [5, 5.41) is 4.06. The predicted octanol–water partition coefficient (Wildman–Crippen LogP) is 0.838. The molecule has 0 atom stereocenters. The van der Waals surface area contributed by atoms with Gasteiger partial charge in [0.05, 0.1) is 0 Å². The van der Waals surface area contributed by atoms with Crippen LogP contribution in [0.1, 0.15) is 19.7 Å². The number of hydrogen-bond acceptors (Lipinski definition) is 5. The summed E-state index contributed by atoms with van der Waals surface area (Å²) < 4.78 is 1.57. The highest BCUT2D eigenvalue weighted by Crippen LogP contribution is 2.06. The molecule has 2 N–H and O–H groups in total. The lowest BCUT2D eigenvalue weighted by Crippen LogP contribution is -2.11. The minimum absolute atomic E-state index is 0.233. The third-order valence-corrected chi connectivity index (χ3v) is 1.99. The molecule has 6 nitrogen and oxygen atoms in total. The summed E-state index contributed by atoms with van der Waals surface area (Å²) in [5.74, 6) is 1.88. The molecule has 0 amide bonds. The molecule has 0 unspecified atom stereocenters. The maximum atomic E-state index is 5.64. The Kier molecular flexibility index (Phi) is 2.80. The molecule has 0 spiro atoms. The van der Waals surface area contributed by atoms with Crippen molar-refractivity contribution >= 4 is 5.95 Å². The lowest BCUT2D eigenvalue weighted by atomic mass is 10.1. The van der Waals surface area contributed by atoms with Crippen LogP contribution >= 0.6 is 0 Å². The van der Waals surface area contributed by atoms with Crippen LogP contribution in [0.5, 0.6) is 0 Å². The summed E-state index contributed by atoms with van der Waals surface area (Å²) in [7, 11) is 0. The number of rotatable bonds is 3. The van der Waals surface area contributed by atoms with Gasteiger partial charge in [0.25, 0.3) is 5.95 Å². The van der Waals surface area contributed by atoms with Crippen LogP contribution in [0.2, 0.25) is 0 Å². The van der Waals surface area contributed by atoms with Crippen LogP contribution in [0.3, 0.4) is 0 Å². The predicted molar refractivity (Wildman–Crippen MR) is 59.9 cm³/mol. The van der Waals surface area contributed by atoms with E-state index in [1.165, 1.54) is 0 Å². The third kappa shape index (κ3) is 2.33. The Morgan fingerprint density at radius 2 is 2.12 bits per heavy atom. The van der Waals surface area contributed by atoms with E-state index in [9.17, 15) is 0 Å². The average Bonchev–Trinajstić information content (AvgIpc) is 2.67. The zero-order chi connectivity index (χ0) is 11.5. The SMILES string of the molecule is CC(C)Cc1nc(N)nc(-n2cccn2)n1. The van der Waals surface area contributed by atoms with E-state index < -0.39 is 0 Å². The molecule has 0 aliphatic rings. The number of hydrogen-bond donors (Lipinski definition) is 1. The van der Waals surface area contributed by atoms with Gasteiger partial charge in [0.2, 0.25) is 5.95 Å². The molecule has 0 bridgehead atoms. The Labute approximate surface area is 93.6 Å². The van der Waals surface area contributed by atoms with Crippen LogP contribution in [0.4, 0.5) is 5.95 Å². The molecule has 2 aromatic rings. The minimum atomic E-state index is 0.233. The Morgan fingerprint density at radius 3 is 2.75 bits per heavy atom. The first kappa shape index (κ1) is 10.5. The second-order valence-corrected chi connectivity index (χ2v) is 3.96. The highest BCUT2D eigenvalue weighted by atomic mass is 15.4. The van der Waals surface area contributed by atoms with Gasteiger partial charge in [-0.1, -0.05) is 13.8 Å². The van der Waals surface area contributed by atoms with Crippen molar-refractivity contribution < 1.29 is 0 Å². The maximum Gasteiger partial charge on any atom is 0.255 e. The topological polar surface area (TPSA) is 82.5 Å². The van der Waals surface area contributed by atoms with Crippen molar-refractivity contribution in [2.75, 3.05) is 5.73 Å². The first-order valence-corrected chi connectivity index (χ1v) is 5.15. The van der Waals surface area contributed by atoms with Crippen LogP contribution in [-0.4, -0.2) is 24.7 Å². The molecule has 0 saturated heterocycles. The summed E-state index contributed by atoms with van der Waals surface area (Å²) in [4.78, 5) is 12.5. The zero-order valence-corrected chi connectivity index (χ0v) is 9.33. The van der Waals surface area contributed by atoms with E-state index in [0.29, 0.717) is 17.7 Å². The molecule has 16 heavy (non-hydrogen) atoms. The molecular weight excluding hydrogens is 204 g/mol. The molecule has 0 fully saturated rings. The first-order chi connectivity index (χ1) is 7.65. The average molecular weight is 218 g/mol. The van der Waals surface area contributed by atoms with E-state index in [-0.39, 0.29) is 5.95 Å². The summed E-state index contributed by atoms with van der Waals surface area (Å²) in [6.45, 7) is 4.21. The largest absolute Gasteiger partial charge is 0.368 e. The van der Waals surface area contributed by atoms with Crippen molar-refractivity contribution in [2.45, 2.75) is 20.3 Å². The maximum absolute atomic E-state index is 5.64. The molecule has 6 heteroatoms. The van der Waals surface area contributed by atoms with Crippen molar-refractivity contribution in [1.29, 1.82) is 0 Å². The van der Waals surface area contributed by atoms with Gasteiger partial charge in [-0.05, 0) is 12.0 Å². The number of nitrogens with two attached hydrogens (primary N) is 1. The lowest BCUT2D eigenvalue weighted by molar-refractivity contribution is 0.613. The zero-order valence-electron chi connectivity index (χ0n) is 9.33. The van der Waals surface area contributed by atoms with Gasteiger partial charge in [-0.25, -0.2) is 4.68 Å². The molecular formula is C10H14N6. The molecule has 0 aromatic carbocycles.